The minimum atomic E-state index is -10.7. The van der Waals surface area contributed by atoms with Crippen LogP contribution in [0.2, 0.25) is 0 Å². The van der Waals surface area contributed by atoms with Gasteiger partial charge in [-0.25, -0.2) is 9.15 Å². The van der Waals surface area contributed by atoms with Gasteiger partial charge in [0, 0.05) is 20.3 Å². The third-order valence-electron chi connectivity index (χ3n) is 1.22. The Morgan fingerprint density at radius 1 is 0.593 bits per heavy atom. The van der Waals surface area contributed by atoms with Crippen molar-refractivity contribution in [3.05, 3.63) is 11.8 Å². The van der Waals surface area contributed by atoms with Gasteiger partial charge in [-0.15, -0.1) is 0 Å². The molecule has 0 heterocycles. The van der Waals surface area contributed by atoms with Crippen molar-refractivity contribution in [2.45, 2.75) is 0 Å². The summed E-state index contributed by atoms with van der Waals surface area (Å²) in [6.07, 6.45) is 6.25. The molecule has 170 valence electrons. The van der Waals surface area contributed by atoms with Crippen LogP contribution >= 0.6 is 15.6 Å². The van der Waals surface area contributed by atoms with Crippen molar-refractivity contribution in [2.75, 3.05) is 42.3 Å². The third kappa shape index (κ3) is 110. The van der Waals surface area contributed by atoms with Gasteiger partial charge < -0.3 is 4.90 Å². The number of rotatable bonds is 3. The molecule has 0 saturated carbocycles. The average Bonchev–Trinajstić information content (AvgIpc) is 2.00. The summed E-state index contributed by atoms with van der Waals surface area (Å²) in [5.41, 5.74) is 1.18. The molecule has 0 bridgehead atoms. The van der Waals surface area contributed by atoms with Crippen LogP contribution in [-0.2, 0) is 0 Å². The van der Waals surface area contributed by atoms with E-state index in [-0.39, 0.29) is 0 Å². The van der Waals surface area contributed by atoms with Crippen LogP contribution in [0.1, 0.15) is 0 Å². The van der Waals surface area contributed by atoms with Crippen LogP contribution in [0, 0.1) is 0 Å². The number of allylic oxidation sites excluding steroid dienone is 1. The van der Waals surface area contributed by atoms with E-state index in [1.54, 1.807) is 0 Å². The summed E-state index contributed by atoms with van der Waals surface area (Å²) >= 11 is 0. The van der Waals surface area contributed by atoms with Crippen LogP contribution in [0.3, 0.4) is 0 Å². The fraction of sp³-hybridized carbons (Fsp3) is 0.600. The van der Waals surface area contributed by atoms with Gasteiger partial charge in [0.1, 0.15) is 33.8 Å². The molecule has 0 aliphatic heterocycles. The van der Waals surface area contributed by atoms with Crippen LogP contribution in [0.4, 0.5) is 50.4 Å². The van der Waals surface area contributed by atoms with Crippen molar-refractivity contribution < 1.29 is 59.5 Å². The van der Waals surface area contributed by atoms with Gasteiger partial charge in [0.15, 0.2) is 12.4 Å². The van der Waals surface area contributed by atoms with E-state index < -0.39 is 15.6 Å². The Hall–Kier alpha value is -1.10. The molecule has 0 aromatic rings. The summed E-state index contributed by atoms with van der Waals surface area (Å²) in [6.45, 7) is 0. The Morgan fingerprint density at radius 3 is 0.889 bits per heavy atom. The molecule has 0 aromatic carbocycles. The topological polar surface area (TPSA) is 9.26 Å². The SMILES string of the molecule is CN(C)C=C(C=[N+](C)C)C=[N+](C)C.F[P-](F)(F)(F)(F)F.F[P-](F)(F)(F)(F)F. The zero-order valence-electron chi connectivity index (χ0n) is 15.0. The van der Waals surface area contributed by atoms with Gasteiger partial charge >= 0.3 is 66.0 Å². The summed E-state index contributed by atoms with van der Waals surface area (Å²) < 4.78 is 122. The molecule has 0 unspecified atom stereocenters. The number of nitrogens with zero attached hydrogens (tertiary/aromatic N) is 3. The zero-order valence-corrected chi connectivity index (χ0v) is 16.8. The van der Waals surface area contributed by atoms with Crippen molar-refractivity contribution in [1.29, 1.82) is 0 Å². The molecule has 0 amide bonds. The predicted molar refractivity (Wildman–Crippen MR) is 85.3 cm³/mol. The zero-order chi connectivity index (χ0) is 23.2. The summed E-state index contributed by atoms with van der Waals surface area (Å²) in [5, 5.41) is 0. The van der Waals surface area contributed by atoms with E-state index >= 15 is 0 Å². The summed E-state index contributed by atoms with van der Waals surface area (Å²) in [5.74, 6) is 0. The van der Waals surface area contributed by atoms with E-state index in [9.17, 15) is 50.4 Å². The third-order valence-corrected chi connectivity index (χ3v) is 1.22. The van der Waals surface area contributed by atoms with Crippen molar-refractivity contribution in [3.63, 3.8) is 0 Å². The Bertz CT molecular complexity index is 515. The van der Waals surface area contributed by atoms with Crippen LogP contribution < -0.4 is 0 Å². The predicted octanol–water partition coefficient (Wildman–Crippen LogP) is 6.88. The maximum atomic E-state index is 9.87. The molecule has 0 saturated heterocycles. The first-order valence-electron chi connectivity index (χ1n) is 6.35. The molecule has 0 aliphatic carbocycles. The van der Waals surface area contributed by atoms with Crippen molar-refractivity contribution in [2.24, 2.45) is 0 Å². The van der Waals surface area contributed by atoms with Gasteiger partial charge in [0.25, 0.3) is 0 Å². The molecular weight excluding hydrogens is 452 g/mol. The van der Waals surface area contributed by atoms with Gasteiger partial charge in [0.05, 0.1) is 0 Å². The molecule has 0 radical (unpaired) electrons. The molecule has 0 spiro atoms. The molecule has 0 rings (SSSR count). The van der Waals surface area contributed by atoms with Gasteiger partial charge in [-0.1, -0.05) is 0 Å². The first-order chi connectivity index (χ1) is 10.8. The summed E-state index contributed by atoms with van der Waals surface area (Å²) in [7, 11) is -9.19. The standard InChI is InChI=1S/C10H21N3.2F6P/c1-11(2)7-10(8-12(3)4)9-13(5)6;2*1-7(2,3,4,5)6/h7-9H,1-6H3;;/q+2;2*-1. The molecule has 0 fully saturated rings. The van der Waals surface area contributed by atoms with Crippen LogP contribution in [0.15, 0.2) is 11.8 Å². The minimum absolute atomic E-state index is 1.18. The van der Waals surface area contributed by atoms with E-state index in [4.69, 9.17) is 0 Å². The summed E-state index contributed by atoms with van der Waals surface area (Å²) in [6, 6.07) is 0. The Labute approximate surface area is 147 Å². The number of hydrogen-bond acceptors (Lipinski definition) is 1. The summed E-state index contributed by atoms with van der Waals surface area (Å²) in [4.78, 5) is 2.04. The molecule has 17 heteroatoms. The second-order valence-electron chi connectivity index (χ2n) is 5.69. The van der Waals surface area contributed by atoms with E-state index in [2.05, 4.69) is 18.6 Å². The van der Waals surface area contributed by atoms with Crippen LogP contribution in [-0.4, -0.2) is 68.8 Å². The van der Waals surface area contributed by atoms with Gasteiger partial charge in [-0.3, -0.25) is 0 Å². The van der Waals surface area contributed by atoms with E-state index in [0.29, 0.717) is 0 Å². The van der Waals surface area contributed by atoms with Gasteiger partial charge in [0.2, 0.25) is 0 Å². The molecule has 0 N–H and O–H groups in total. The second kappa shape index (κ2) is 7.38. The van der Waals surface area contributed by atoms with Crippen LogP contribution in [0.5, 0.6) is 0 Å². The van der Waals surface area contributed by atoms with E-state index in [0.717, 1.165) is 0 Å². The molecule has 0 aliphatic rings. The molecule has 0 aromatic heterocycles. The quantitative estimate of drug-likeness (QED) is 0.188. The molecule has 3 nitrogen and oxygen atoms in total. The Morgan fingerprint density at radius 2 is 0.778 bits per heavy atom. The molecule has 27 heavy (non-hydrogen) atoms. The fourth-order valence-electron chi connectivity index (χ4n) is 0.994. The molecular formula is C10H21F12N3P2. The average molecular weight is 473 g/mol. The van der Waals surface area contributed by atoms with E-state index in [1.807, 2.05) is 56.3 Å². The maximum absolute atomic E-state index is 10.7. The van der Waals surface area contributed by atoms with Crippen molar-refractivity contribution in [3.8, 4) is 0 Å². The first-order valence-corrected chi connectivity index (χ1v) is 10.4. The number of hydrogen-bond donors (Lipinski definition) is 0. The first kappa shape index (κ1) is 30.6. The molecule has 0 atom stereocenters. The van der Waals surface area contributed by atoms with Gasteiger partial charge in [-0.2, -0.15) is 0 Å². The van der Waals surface area contributed by atoms with Gasteiger partial charge in [-0.05, 0) is 0 Å². The second-order valence-corrected chi connectivity index (χ2v) is 9.53. The number of halogens is 12. The fourth-order valence-corrected chi connectivity index (χ4v) is 0.994. The normalized spacial score (nSPS) is 16.2. The Kier molecular flexibility index (Phi) is 8.37. The van der Waals surface area contributed by atoms with E-state index in [1.165, 1.54) is 5.57 Å². The van der Waals surface area contributed by atoms with Crippen molar-refractivity contribution in [1.82, 2.24) is 4.90 Å². The van der Waals surface area contributed by atoms with Crippen molar-refractivity contribution >= 4 is 28.0 Å². The monoisotopic (exact) mass is 473 g/mol. The van der Waals surface area contributed by atoms with Crippen LogP contribution in [0.25, 0.3) is 0 Å². The Balaban J connectivity index is -0.000000350.